The second-order valence-corrected chi connectivity index (χ2v) is 4.77. The number of imidazole rings is 1. The Morgan fingerprint density at radius 1 is 1.15 bits per heavy atom. The maximum atomic E-state index is 10.4. The van der Waals surface area contributed by atoms with Crippen molar-refractivity contribution in [3.8, 4) is 5.75 Å². The van der Waals surface area contributed by atoms with Crippen LogP contribution >= 0.6 is 0 Å². The second-order valence-electron chi connectivity index (χ2n) is 4.77. The fourth-order valence-electron chi connectivity index (χ4n) is 2.33. The third-order valence-electron chi connectivity index (χ3n) is 3.49. The van der Waals surface area contributed by atoms with Crippen LogP contribution in [-0.4, -0.2) is 21.8 Å². The molecule has 1 atom stereocenters. The predicted octanol–water partition coefficient (Wildman–Crippen LogP) is 2.66. The van der Waals surface area contributed by atoms with Gasteiger partial charge in [0.1, 0.15) is 17.7 Å². The Hall–Kier alpha value is -2.33. The van der Waals surface area contributed by atoms with Gasteiger partial charge in [-0.25, -0.2) is 4.98 Å². The van der Waals surface area contributed by atoms with E-state index < -0.39 is 6.10 Å². The summed E-state index contributed by atoms with van der Waals surface area (Å²) in [5.41, 5.74) is 0.831. The molecule has 1 heterocycles. The molecule has 1 unspecified atom stereocenters. The molecule has 2 aromatic carbocycles. The van der Waals surface area contributed by atoms with Gasteiger partial charge in [-0.3, -0.25) is 0 Å². The van der Waals surface area contributed by atoms with E-state index in [1.807, 2.05) is 54.2 Å². The molecule has 0 amide bonds. The monoisotopic (exact) mass is 268 g/mol. The number of rotatable bonds is 3. The first-order chi connectivity index (χ1) is 9.69. The van der Waals surface area contributed by atoms with Crippen LogP contribution in [0.25, 0.3) is 10.8 Å². The van der Waals surface area contributed by atoms with E-state index in [0.29, 0.717) is 5.82 Å². The van der Waals surface area contributed by atoms with E-state index in [4.69, 9.17) is 4.74 Å². The van der Waals surface area contributed by atoms with Crippen LogP contribution in [0.3, 0.4) is 0 Å². The first-order valence-corrected chi connectivity index (χ1v) is 6.42. The Kier molecular flexibility index (Phi) is 3.16. The largest absolute Gasteiger partial charge is 0.497 e. The van der Waals surface area contributed by atoms with E-state index in [0.717, 1.165) is 22.1 Å². The zero-order valence-electron chi connectivity index (χ0n) is 11.4. The topological polar surface area (TPSA) is 47.3 Å². The van der Waals surface area contributed by atoms with Crippen molar-refractivity contribution >= 4 is 10.8 Å². The van der Waals surface area contributed by atoms with Crippen molar-refractivity contribution in [2.24, 2.45) is 7.05 Å². The van der Waals surface area contributed by atoms with Gasteiger partial charge in [0.15, 0.2) is 0 Å². The number of methoxy groups -OCH3 is 1. The van der Waals surface area contributed by atoms with Gasteiger partial charge in [0.05, 0.1) is 7.11 Å². The van der Waals surface area contributed by atoms with Crippen LogP contribution in [0.15, 0.2) is 48.8 Å². The van der Waals surface area contributed by atoms with Crippen LogP contribution in [0.4, 0.5) is 0 Å². The van der Waals surface area contributed by atoms with E-state index >= 15 is 0 Å². The number of benzene rings is 2. The number of aryl methyl sites for hydroxylation is 1. The lowest BCUT2D eigenvalue weighted by Gasteiger charge is -2.12. The van der Waals surface area contributed by atoms with Gasteiger partial charge in [-0.05, 0) is 34.5 Å². The molecule has 4 heteroatoms. The Balaban J connectivity index is 2.03. The molecule has 1 N–H and O–H groups in total. The zero-order valence-corrected chi connectivity index (χ0v) is 11.4. The molecule has 102 valence electrons. The molecule has 0 radical (unpaired) electrons. The van der Waals surface area contributed by atoms with Crippen LogP contribution in [-0.2, 0) is 7.05 Å². The Labute approximate surface area is 117 Å². The molecule has 3 rings (SSSR count). The molecule has 0 spiro atoms. The summed E-state index contributed by atoms with van der Waals surface area (Å²) in [5, 5.41) is 12.6. The highest BCUT2D eigenvalue weighted by atomic mass is 16.5. The van der Waals surface area contributed by atoms with Crippen molar-refractivity contribution in [3.05, 3.63) is 60.2 Å². The van der Waals surface area contributed by atoms with Gasteiger partial charge in [0.25, 0.3) is 0 Å². The molecule has 0 saturated carbocycles. The average Bonchev–Trinajstić information content (AvgIpc) is 2.91. The van der Waals surface area contributed by atoms with Crippen molar-refractivity contribution in [1.82, 2.24) is 9.55 Å². The second kappa shape index (κ2) is 4.98. The highest BCUT2D eigenvalue weighted by Crippen LogP contribution is 2.26. The van der Waals surface area contributed by atoms with Crippen molar-refractivity contribution in [2.45, 2.75) is 6.10 Å². The third-order valence-corrected chi connectivity index (χ3v) is 3.49. The molecule has 4 nitrogen and oxygen atoms in total. The quantitative estimate of drug-likeness (QED) is 0.794. The van der Waals surface area contributed by atoms with Crippen LogP contribution in [0.5, 0.6) is 5.75 Å². The summed E-state index contributed by atoms with van der Waals surface area (Å²) in [5.74, 6) is 1.47. The van der Waals surface area contributed by atoms with E-state index in [9.17, 15) is 5.11 Å². The van der Waals surface area contributed by atoms with E-state index in [1.165, 1.54) is 0 Å². The number of fused-ring (bicyclic) bond motifs is 1. The number of ether oxygens (including phenoxy) is 1. The summed E-state index contributed by atoms with van der Waals surface area (Å²) in [7, 11) is 3.53. The third kappa shape index (κ3) is 2.14. The van der Waals surface area contributed by atoms with Crippen LogP contribution in [0.1, 0.15) is 17.5 Å². The average molecular weight is 268 g/mol. The number of aliphatic hydroxyl groups excluding tert-OH is 1. The predicted molar refractivity (Wildman–Crippen MR) is 77.8 cm³/mol. The summed E-state index contributed by atoms with van der Waals surface area (Å²) in [4.78, 5) is 4.19. The van der Waals surface area contributed by atoms with Crippen LogP contribution < -0.4 is 4.74 Å². The molecule has 20 heavy (non-hydrogen) atoms. The first-order valence-electron chi connectivity index (χ1n) is 6.42. The van der Waals surface area contributed by atoms with Crippen LogP contribution in [0, 0.1) is 0 Å². The Morgan fingerprint density at radius 3 is 2.60 bits per heavy atom. The molecular weight excluding hydrogens is 252 g/mol. The smallest absolute Gasteiger partial charge is 0.142 e. The molecule has 1 aromatic heterocycles. The van der Waals surface area contributed by atoms with Crippen molar-refractivity contribution in [3.63, 3.8) is 0 Å². The molecule has 0 bridgehead atoms. The summed E-state index contributed by atoms with van der Waals surface area (Å²) in [6, 6.07) is 11.8. The highest BCUT2D eigenvalue weighted by Gasteiger charge is 2.15. The van der Waals surface area contributed by atoms with Crippen LogP contribution in [0.2, 0.25) is 0 Å². The molecule has 0 fully saturated rings. The van der Waals surface area contributed by atoms with Gasteiger partial charge < -0.3 is 14.4 Å². The number of aliphatic hydroxyl groups is 1. The van der Waals surface area contributed by atoms with Gasteiger partial charge in [-0.1, -0.05) is 18.2 Å². The maximum Gasteiger partial charge on any atom is 0.142 e. The minimum absolute atomic E-state index is 0.637. The molecule has 0 aliphatic carbocycles. The Bertz CT molecular complexity index is 749. The number of hydrogen-bond acceptors (Lipinski definition) is 3. The highest BCUT2D eigenvalue weighted by molar-refractivity contribution is 5.84. The summed E-state index contributed by atoms with van der Waals surface area (Å²) >= 11 is 0. The fourth-order valence-corrected chi connectivity index (χ4v) is 2.33. The number of nitrogens with zero attached hydrogens (tertiary/aromatic N) is 2. The minimum atomic E-state index is -0.721. The summed E-state index contributed by atoms with van der Waals surface area (Å²) in [6.07, 6.45) is 2.79. The lowest BCUT2D eigenvalue weighted by Crippen LogP contribution is -2.06. The molecule has 3 aromatic rings. The van der Waals surface area contributed by atoms with Gasteiger partial charge in [0, 0.05) is 19.4 Å². The summed E-state index contributed by atoms with van der Waals surface area (Å²) < 4.78 is 7.03. The van der Waals surface area contributed by atoms with Crippen molar-refractivity contribution < 1.29 is 9.84 Å². The number of hydrogen-bond donors (Lipinski definition) is 1. The molecular formula is C16H16N2O2. The van der Waals surface area contributed by atoms with E-state index in [1.54, 1.807) is 13.3 Å². The van der Waals surface area contributed by atoms with Gasteiger partial charge in [0.2, 0.25) is 0 Å². The first kappa shape index (κ1) is 12.7. The molecule has 0 aliphatic heterocycles. The normalized spacial score (nSPS) is 12.6. The summed E-state index contributed by atoms with van der Waals surface area (Å²) in [6.45, 7) is 0. The van der Waals surface area contributed by atoms with Gasteiger partial charge >= 0.3 is 0 Å². The molecule has 0 saturated heterocycles. The number of aromatic nitrogens is 2. The standard InChI is InChI=1S/C16H16N2O2/c1-18-8-7-17-16(18)15(19)13-4-3-12-10-14(20-2)6-5-11(12)9-13/h3-10,15,19H,1-2H3. The van der Waals surface area contributed by atoms with E-state index in [-0.39, 0.29) is 0 Å². The zero-order chi connectivity index (χ0) is 14.1. The van der Waals surface area contributed by atoms with Crippen molar-refractivity contribution in [1.29, 1.82) is 0 Å². The molecule has 0 aliphatic rings. The maximum absolute atomic E-state index is 10.4. The minimum Gasteiger partial charge on any atom is -0.497 e. The van der Waals surface area contributed by atoms with Gasteiger partial charge in [-0.2, -0.15) is 0 Å². The van der Waals surface area contributed by atoms with Gasteiger partial charge in [-0.15, -0.1) is 0 Å². The Morgan fingerprint density at radius 2 is 1.90 bits per heavy atom. The SMILES string of the molecule is COc1ccc2cc(C(O)c3nccn3C)ccc2c1. The lowest BCUT2D eigenvalue weighted by molar-refractivity contribution is 0.206. The lowest BCUT2D eigenvalue weighted by atomic mass is 10.0. The fraction of sp³-hybridized carbons (Fsp3) is 0.188. The van der Waals surface area contributed by atoms with E-state index in [2.05, 4.69) is 4.98 Å². The van der Waals surface area contributed by atoms with Crippen molar-refractivity contribution in [2.75, 3.05) is 7.11 Å².